The lowest BCUT2D eigenvalue weighted by molar-refractivity contribution is 0.232. The fourth-order valence-electron chi connectivity index (χ4n) is 2.75. The molecule has 2 nitrogen and oxygen atoms in total. The number of benzene rings is 1. The average Bonchev–Trinajstić information content (AvgIpc) is 3.20. The van der Waals surface area contributed by atoms with Crippen LogP contribution in [0.5, 0.6) is 5.75 Å². The molecule has 0 amide bonds. The number of nitrogens with zero attached hydrogens (tertiary/aromatic N) is 1. The number of rotatable bonds is 3. The normalized spacial score (nSPS) is 26.8. The third-order valence-electron chi connectivity index (χ3n) is 4.08. The van der Waals surface area contributed by atoms with Crippen molar-refractivity contribution in [1.82, 2.24) is 0 Å². The number of hydrogen-bond donors (Lipinski definition) is 0. The molecule has 1 aliphatic heterocycles. The fraction of sp³-hybridized carbons (Fsp3) is 0.533. The molecular formula is C15H17NO. The number of hydrogen-bond acceptors (Lipinski definition) is 2. The van der Waals surface area contributed by atoms with Crippen LogP contribution in [0.3, 0.4) is 0 Å². The standard InChI is InChI=1S/C15H17NO/c16-11-15(8-7-12-5-6-12)9-10-17-14-4-2-1-3-13(14)15/h1-4,12H,5-10H2. The molecule has 88 valence electrons. The predicted molar refractivity (Wildman–Crippen MR) is 65.8 cm³/mol. The van der Waals surface area contributed by atoms with E-state index >= 15 is 0 Å². The second-order valence-electron chi connectivity index (χ2n) is 5.27. The third-order valence-corrected chi connectivity index (χ3v) is 4.08. The van der Waals surface area contributed by atoms with Crippen LogP contribution in [0.15, 0.2) is 24.3 Å². The Morgan fingerprint density at radius 1 is 1.35 bits per heavy atom. The molecule has 1 aromatic rings. The van der Waals surface area contributed by atoms with Crippen LogP contribution in [-0.2, 0) is 5.41 Å². The van der Waals surface area contributed by atoms with E-state index < -0.39 is 0 Å². The highest BCUT2D eigenvalue weighted by Gasteiger charge is 2.39. The SMILES string of the molecule is N#CC1(CCC2CC2)CCOc2ccccc21. The van der Waals surface area contributed by atoms with Gasteiger partial charge in [-0.1, -0.05) is 31.0 Å². The molecule has 3 rings (SSSR count). The molecule has 1 aromatic carbocycles. The first-order chi connectivity index (χ1) is 8.34. The third kappa shape index (κ3) is 1.91. The van der Waals surface area contributed by atoms with E-state index in [9.17, 15) is 5.26 Å². The monoisotopic (exact) mass is 227 g/mol. The maximum absolute atomic E-state index is 9.62. The Morgan fingerprint density at radius 3 is 2.94 bits per heavy atom. The number of ether oxygens (including phenoxy) is 1. The zero-order valence-corrected chi connectivity index (χ0v) is 9.98. The van der Waals surface area contributed by atoms with Crippen molar-refractivity contribution in [3.05, 3.63) is 29.8 Å². The van der Waals surface area contributed by atoms with Gasteiger partial charge in [-0.15, -0.1) is 0 Å². The highest BCUT2D eigenvalue weighted by Crippen LogP contribution is 2.44. The molecule has 1 atom stereocenters. The van der Waals surface area contributed by atoms with E-state index in [1.807, 2.05) is 18.2 Å². The Balaban J connectivity index is 1.91. The molecule has 2 aliphatic rings. The van der Waals surface area contributed by atoms with Gasteiger partial charge in [-0.3, -0.25) is 0 Å². The van der Waals surface area contributed by atoms with Crippen LogP contribution >= 0.6 is 0 Å². The number of nitriles is 1. The summed E-state index contributed by atoms with van der Waals surface area (Å²) < 4.78 is 5.65. The Morgan fingerprint density at radius 2 is 2.18 bits per heavy atom. The van der Waals surface area contributed by atoms with Gasteiger partial charge in [-0.2, -0.15) is 5.26 Å². The Bertz CT molecular complexity index is 458. The van der Waals surface area contributed by atoms with Crippen molar-refractivity contribution in [1.29, 1.82) is 5.26 Å². The molecule has 0 aromatic heterocycles. The maximum atomic E-state index is 9.62. The van der Waals surface area contributed by atoms with Gasteiger partial charge in [0.05, 0.1) is 18.1 Å². The van der Waals surface area contributed by atoms with Crippen LogP contribution in [0, 0.1) is 17.2 Å². The maximum Gasteiger partial charge on any atom is 0.124 e. The smallest absolute Gasteiger partial charge is 0.124 e. The van der Waals surface area contributed by atoms with Gasteiger partial charge < -0.3 is 4.74 Å². The van der Waals surface area contributed by atoms with E-state index in [2.05, 4.69) is 12.1 Å². The van der Waals surface area contributed by atoms with Crippen molar-refractivity contribution < 1.29 is 4.74 Å². The van der Waals surface area contributed by atoms with Crippen LogP contribution < -0.4 is 4.74 Å². The molecule has 0 spiro atoms. The van der Waals surface area contributed by atoms with E-state index in [0.717, 1.165) is 30.1 Å². The minimum absolute atomic E-state index is 0.294. The summed E-state index contributed by atoms with van der Waals surface area (Å²) in [5.74, 6) is 1.80. The largest absolute Gasteiger partial charge is 0.493 e. The van der Waals surface area contributed by atoms with Gasteiger partial charge in [0.25, 0.3) is 0 Å². The zero-order valence-electron chi connectivity index (χ0n) is 9.98. The highest BCUT2D eigenvalue weighted by molar-refractivity contribution is 5.45. The van der Waals surface area contributed by atoms with Gasteiger partial charge in [-0.25, -0.2) is 0 Å². The minimum atomic E-state index is -0.294. The van der Waals surface area contributed by atoms with Gasteiger partial charge in [0.15, 0.2) is 0 Å². The van der Waals surface area contributed by atoms with Gasteiger partial charge >= 0.3 is 0 Å². The van der Waals surface area contributed by atoms with Gasteiger partial charge in [0.1, 0.15) is 5.75 Å². The summed E-state index contributed by atoms with van der Waals surface area (Å²) in [5, 5.41) is 9.62. The minimum Gasteiger partial charge on any atom is -0.493 e. The van der Waals surface area contributed by atoms with Crippen LogP contribution in [0.2, 0.25) is 0 Å². The molecule has 1 heterocycles. The molecular weight excluding hydrogens is 210 g/mol. The molecule has 1 fully saturated rings. The van der Waals surface area contributed by atoms with Crippen LogP contribution in [0.1, 0.15) is 37.7 Å². The van der Waals surface area contributed by atoms with Crippen molar-refractivity contribution in [3.63, 3.8) is 0 Å². The second-order valence-corrected chi connectivity index (χ2v) is 5.27. The van der Waals surface area contributed by atoms with Crippen molar-refractivity contribution in [2.45, 2.75) is 37.5 Å². The second kappa shape index (κ2) is 4.07. The lowest BCUT2D eigenvalue weighted by Gasteiger charge is -2.33. The topological polar surface area (TPSA) is 33.0 Å². The molecule has 1 aliphatic carbocycles. The van der Waals surface area contributed by atoms with Gasteiger partial charge in [0, 0.05) is 12.0 Å². The zero-order chi connectivity index (χ0) is 11.7. The summed E-state index contributed by atoms with van der Waals surface area (Å²) in [6, 6.07) is 10.6. The first-order valence-electron chi connectivity index (χ1n) is 6.48. The van der Waals surface area contributed by atoms with Crippen molar-refractivity contribution in [3.8, 4) is 11.8 Å². The summed E-state index contributed by atoms with van der Waals surface area (Å²) >= 11 is 0. The van der Waals surface area contributed by atoms with E-state index in [4.69, 9.17) is 4.74 Å². The fourth-order valence-corrected chi connectivity index (χ4v) is 2.75. The molecule has 0 N–H and O–H groups in total. The molecule has 0 radical (unpaired) electrons. The van der Waals surface area contributed by atoms with E-state index in [1.54, 1.807) is 0 Å². The quantitative estimate of drug-likeness (QED) is 0.792. The first-order valence-corrected chi connectivity index (χ1v) is 6.48. The lowest BCUT2D eigenvalue weighted by atomic mass is 9.73. The van der Waals surface area contributed by atoms with Crippen molar-refractivity contribution in [2.75, 3.05) is 6.61 Å². The van der Waals surface area contributed by atoms with E-state index in [-0.39, 0.29) is 5.41 Å². The summed E-state index contributed by atoms with van der Waals surface area (Å²) in [6.07, 6.45) is 5.75. The van der Waals surface area contributed by atoms with Crippen LogP contribution in [-0.4, -0.2) is 6.61 Å². The van der Waals surface area contributed by atoms with Crippen molar-refractivity contribution >= 4 is 0 Å². The Labute approximate surface area is 102 Å². The van der Waals surface area contributed by atoms with Gasteiger partial charge in [-0.05, 0) is 24.8 Å². The summed E-state index contributed by atoms with van der Waals surface area (Å²) in [5.41, 5.74) is 0.812. The molecule has 0 bridgehead atoms. The van der Waals surface area contributed by atoms with E-state index in [1.165, 1.54) is 19.3 Å². The molecule has 1 saturated carbocycles. The first kappa shape index (κ1) is 10.7. The Hall–Kier alpha value is -1.49. The van der Waals surface area contributed by atoms with Crippen molar-refractivity contribution in [2.24, 2.45) is 5.92 Å². The number of fused-ring (bicyclic) bond motifs is 1. The molecule has 2 heteroatoms. The van der Waals surface area contributed by atoms with Crippen LogP contribution in [0.4, 0.5) is 0 Å². The summed E-state index contributed by atoms with van der Waals surface area (Å²) in [6.45, 7) is 0.676. The molecule has 1 unspecified atom stereocenters. The van der Waals surface area contributed by atoms with E-state index in [0.29, 0.717) is 6.61 Å². The summed E-state index contributed by atoms with van der Waals surface area (Å²) in [4.78, 5) is 0. The predicted octanol–water partition coefficient (Wildman–Crippen LogP) is 3.42. The number of para-hydroxylation sites is 1. The molecule has 17 heavy (non-hydrogen) atoms. The van der Waals surface area contributed by atoms with Crippen LogP contribution in [0.25, 0.3) is 0 Å². The Kier molecular flexibility index (Phi) is 2.55. The lowest BCUT2D eigenvalue weighted by Crippen LogP contribution is -2.31. The summed E-state index contributed by atoms with van der Waals surface area (Å²) in [7, 11) is 0. The highest BCUT2D eigenvalue weighted by atomic mass is 16.5. The molecule has 0 saturated heterocycles. The average molecular weight is 227 g/mol. The van der Waals surface area contributed by atoms with Gasteiger partial charge in [0.2, 0.25) is 0 Å².